The summed E-state index contributed by atoms with van der Waals surface area (Å²) >= 11 is 11.8. The van der Waals surface area contributed by atoms with Crippen molar-refractivity contribution in [1.82, 2.24) is 5.32 Å². The molecule has 108 valence electrons. The van der Waals surface area contributed by atoms with Crippen LogP contribution in [0.15, 0.2) is 12.1 Å². The third-order valence-corrected chi connectivity index (χ3v) is 3.90. The summed E-state index contributed by atoms with van der Waals surface area (Å²) in [5, 5.41) is 4.02. The number of benzene rings is 1. The molecule has 0 heterocycles. The van der Waals surface area contributed by atoms with Crippen LogP contribution in [-0.2, 0) is 0 Å². The van der Waals surface area contributed by atoms with Gasteiger partial charge in [-0.2, -0.15) is 0 Å². The lowest BCUT2D eigenvalue weighted by molar-refractivity contribution is 0.439. The molecule has 0 saturated heterocycles. The van der Waals surface area contributed by atoms with Gasteiger partial charge in [0.2, 0.25) is 0 Å². The van der Waals surface area contributed by atoms with Gasteiger partial charge < -0.3 is 5.32 Å². The second kappa shape index (κ2) is 8.08. The van der Waals surface area contributed by atoms with E-state index in [1.165, 1.54) is 31.4 Å². The van der Waals surface area contributed by atoms with Gasteiger partial charge >= 0.3 is 0 Å². The second-order valence-electron chi connectivity index (χ2n) is 5.07. The van der Waals surface area contributed by atoms with Gasteiger partial charge in [0.25, 0.3) is 0 Å². The zero-order valence-electron chi connectivity index (χ0n) is 11.8. The summed E-state index contributed by atoms with van der Waals surface area (Å²) in [6, 6.07) is 3.28. The maximum absolute atomic E-state index is 13.5. The average Bonchev–Trinajstić information content (AvgIpc) is 2.34. The molecule has 0 spiro atoms. The van der Waals surface area contributed by atoms with Crippen molar-refractivity contribution in [3.05, 3.63) is 33.6 Å². The molecule has 1 nitrogen and oxygen atoms in total. The largest absolute Gasteiger partial charge is 0.308 e. The standard InChI is InChI=1S/C15H22Cl2FN/c1-4-5-6-7-10(2)19-11(3)12-8-15(18)14(17)9-13(12)16/h8-11,19H,4-7H2,1-3H3. The highest BCUT2D eigenvalue weighted by molar-refractivity contribution is 6.35. The predicted molar refractivity (Wildman–Crippen MR) is 81.6 cm³/mol. The molecule has 0 aliphatic heterocycles. The number of unbranched alkanes of at least 4 members (excludes halogenated alkanes) is 2. The number of nitrogens with one attached hydrogen (secondary N) is 1. The summed E-state index contributed by atoms with van der Waals surface area (Å²) in [6.45, 7) is 6.33. The van der Waals surface area contributed by atoms with Crippen molar-refractivity contribution in [3.63, 3.8) is 0 Å². The Morgan fingerprint density at radius 3 is 2.47 bits per heavy atom. The summed E-state index contributed by atoms with van der Waals surface area (Å²) in [4.78, 5) is 0. The third kappa shape index (κ3) is 5.29. The van der Waals surface area contributed by atoms with Gasteiger partial charge in [0, 0.05) is 17.1 Å². The van der Waals surface area contributed by atoms with Crippen molar-refractivity contribution in [2.45, 2.75) is 58.5 Å². The van der Waals surface area contributed by atoms with Gasteiger partial charge in [-0.25, -0.2) is 4.39 Å². The van der Waals surface area contributed by atoms with E-state index in [1.807, 2.05) is 6.92 Å². The van der Waals surface area contributed by atoms with Crippen molar-refractivity contribution >= 4 is 23.2 Å². The first-order chi connectivity index (χ1) is 8.95. The van der Waals surface area contributed by atoms with E-state index < -0.39 is 5.82 Å². The molecule has 2 unspecified atom stereocenters. The topological polar surface area (TPSA) is 12.0 Å². The van der Waals surface area contributed by atoms with Gasteiger partial charge in [0.1, 0.15) is 5.82 Å². The Labute approximate surface area is 125 Å². The maximum atomic E-state index is 13.5. The zero-order chi connectivity index (χ0) is 14.4. The lowest BCUT2D eigenvalue weighted by atomic mass is 10.0. The minimum absolute atomic E-state index is 0.0101. The van der Waals surface area contributed by atoms with E-state index in [4.69, 9.17) is 23.2 Å². The molecule has 2 atom stereocenters. The SMILES string of the molecule is CCCCCC(C)NC(C)c1cc(F)c(Cl)cc1Cl. The summed E-state index contributed by atoms with van der Waals surface area (Å²) in [5.41, 5.74) is 0.755. The van der Waals surface area contributed by atoms with Crippen LogP contribution in [0.25, 0.3) is 0 Å². The lowest BCUT2D eigenvalue weighted by Crippen LogP contribution is -2.29. The van der Waals surface area contributed by atoms with E-state index >= 15 is 0 Å². The van der Waals surface area contributed by atoms with E-state index in [0.29, 0.717) is 11.1 Å². The molecule has 1 rings (SSSR count). The van der Waals surface area contributed by atoms with E-state index in [-0.39, 0.29) is 11.1 Å². The van der Waals surface area contributed by atoms with Crippen LogP contribution in [0.3, 0.4) is 0 Å². The molecule has 0 amide bonds. The quantitative estimate of drug-likeness (QED) is 0.499. The van der Waals surface area contributed by atoms with E-state index in [9.17, 15) is 4.39 Å². The van der Waals surface area contributed by atoms with E-state index in [2.05, 4.69) is 19.2 Å². The Balaban J connectivity index is 2.62. The lowest BCUT2D eigenvalue weighted by Gasteiger charge is -2.21. The number of hydrogen-bond acceptors (Lipinski definition) is 1. The van der Waals surface area contributed by atoms with Gasteiger partial charge in [0.05, 0.1) is 5.02 Å². The Morgan fingerprint density at radius 2 is 1.84 bits per heavy atom. The highest BCUT2D eigenvalue weighted by Gasteiger charge is 2.15. The minimum Gasteiger partial charge on any atom is -0.308 e. The van der Waals surface area contributed by atoms with Gasteiger partial charge in [-0.15, -0.1) is 0 Å². The van der Waals surface area contributed by atoms with Crippen LogP contribution >= 0.6 is 23.2 Å². The smallest absolute Gasteiger partial charge is 0.142 e. The van der Waals surface area contributed by atoms with Gasteiger partial charge in [-0.3, -0.25) is 0 Å². The van der Waals surface area contributed by atoms with Gasteiger partial charge in [-0.1, -0.05) is 49.4 Å². The fraction of sp³-hybridized carbons (Fsp3) is 0.600. The van der Waals surface area contributed by atoms with Crippen LogP contribution in [-0.4, -0.2) is 6.04 Å². The zero-order valence-corrected chi connectivity index (χ0v) is 13.3. The highest BCUT2D eigenvalue weighted by atomic mass is 35.5. The van der Waals surface area contributed by atoms with Crippen LogP contribution < -0.4 is 5.32 Å². The molecule has 0 aliphatic rings. The highest BCUT2D eigenvalue weighted by Crippen LogP contribution is 2.29. The number of rotatable bonds is 7. The molecule has 0 fully saturated rings. The summed E-state index contributed by atoms with van der Waals surface area (Å²) in [7, 11) is 0. The van der Waals surface area contributed by atoms with Crippen LogP contribution in [0.4, 0.5) is 4.39 Å². The Bertz CT molecular complexity index is 409. The normalized spacial score (nSPS) is 14.4. The first-order valence-electron chi connectivity index (χ1n) is 6.86. The molecule has 0 saturated carbocycles. The first kappa shape index (κ1) is 16.7. The number of halogens is 3. The van der Waals surface area contributed by atoms with Crippen molar-refractivity contribution < 1.29 is 4.39 Å². The van der Waals surface area contributed by atoms with E-state index in [1.54, 1.807) is 0 Å². The molecular formula is C15H22Cl2FN. The van der Waals surface area contributed by atoms with E-state index in [0.717, 1.165) is 12.0 Å². The van der Waals surface area contributed by atoms with Crippen molar-refractivity contribution in [3.8, 4) is 0 Å². The van der Waals surface area contributed by atoms with Crippen LogP contribution in [0.2, 0.25) is 10.0 Å². The molecule has 4 heteroatoms. The minimum atomic E-state index is -0.423. The summed E-state index contributed by atoms with van der Waals surface area (Å²) < 4.78 is 13.5. The predicted octanol–water partition coefficient (Wildman–Crippen LogP) is 5.75. The molecule has 1 N–H and O–H groups in total. The Morgan fingerprint density at radius 1 is 1.16 bits per heavy atom. The molecule has 0 radical (unpaired) electrons. The molecule has 0 aliphatic carbocycles. The maximum Gasteiger partial charge on any atom is 0.142 e. The Hall–Kier alpha value is -0.310. The van der Waals surface area contributed by atoms with Crippen LogP contribution in [0.5, 0.6) is 0 Å². The molecule has 1 aromatic rings. The van der Waals surface area contributed by atoms with Crippen LogP contribution in [0.1, 0.15) is 58.1 Å². The van der Waals surface area contributed by atoms with Crippen molar-refractivity contribution in [2.75, 3.05) is 0 Å². The third-order valence-electron chi connectivity index (χ3n) is 3.28. The average molecular weight is 306 g/mol. The summed E-state index contributed by atoms with van der Waals surface area (Å²) in [6.07, 6.45) is 4.79. The fourth-order valence-corrected chi connectivity index (χ4v) is 2.72. The molecule has 0 aromatic heterocycles. The molecule has 19 heavy (non-hydrogen) atoms. The van der Waals surface area contributed by atoms with Crippen molar-refractivity contribution in [1.29, 1.82) is 0 Å². The Kier molecular flexibility index (Phi) is 7.12. The molecule has 0 bridgehead atoms. The second-order valence-corrected chi connectivity index (χ2v) is 5.89. The van der Waals surface area contributed by atoms with Gasteiger partial charge in [-0.05, 0) is 38.0 Å². The molecular weight excluding hydrogens is 284 g/mol. The first-order valence-corrected chi connectivity index (χ1v) is 7.61. The van der Waals surface area contributed by atoms with Gasteiger partial charge in [0.15, 0.2) is 0 Å². The van der Waals surface area contributed by atoms with Crippen LogP contribution in [0, 0.1) is 5.82 Å². The van der Waals surface area contributed by atoms with Crippen molar-refractivity contribution in [2.24, 2.45) is 0 Å². The summed E-state index contributed by atoms with van der Waals surface area (Å²) in [5.74, 6) is -0.423. The molecule has 1 aromatic carbocycles. The monoisotopic (exact) mass is 305 g/mol. The fourth-order valence-electron chi connectivity index (χ4n) is 2.17. The number of hydrogen-bond donors (Lipinski definition) is 1.